The van der Waals surface area contributed by atoms with Crippen molar-refractivity contribution in [3.05, 3.63) is 78.4 Å². The van der Waals surface area contributed by atoms with E-state index in [4.69, 9.17) is 14.2 Å². The summed E-state index contributed by atoms with van der Waals surface area (Å²) >= 11 is 0. The minimum atomic E-state index is -4.55. The average molecular weight is 516 g/mol. The van der Waals surface area contributed by atoms with Gasteiger partial charge in [0, 0.05) is 17.8 Å². The van der Waals surface area contributed by atoms with Gasteiger partial charge in [-0.25, -0.2) is 0 Å². The van der Waals surface area contributed by atoms with E-state index in [1.807, 2.05) is 0 Å². The summed E-state index contributed by atoms with van der Waals surface area (Å²) in [6.07, 6.45) is -5.04. The van der Waals surface area contributed by atoms with Crippen LogP contribution in [-0.4, -0.2) is 31.5 Å². The summed E-state index contributed by atoms with van der Waals surface area (Å²) in [6.45, 7) is -0.702. The molecule has 37 heavy (non-hydrogen) atoms. The lowest BCUT2D eigenvalue weighted by Gasteiger charge is -2.10. The van der Waals surface area contributed by atoms with Gasteiger partial charge in [0.25, 0.3) is 5.91 Å². The number of methoxy groups -OCH3 is 1. The molecule has 0 fully saturated rings. The molecule has 3 rings (SSSR count). The summed E-state index contributed by atoms with van der Waals surface area (Å²) in [4.78, 5) is 35.8. The Balaban J connectivity index is 1.37. The van der Waals surface area contributed by atoms with Gasteiger partial charge in [-0.2, -0.15) is 13.2 Å². The van der Waals surface area contributed by atoms with Gasteiger partial charge in [-0.05, 0) is 66.7 Å². The highest BCUT2D eigenvalue weighted by molar-refractivity contribution is 5.94. The molecule has 3 aromatic carbocycles. The molecule has 8 nitrogen and oxygen atoms in total. The second-order valence-corrected chi connectivity index (χ2v) is 7.64. The summed E-state index contributed by atoms with van der Waals surface area (Å²) in [6, 6.07) is 17.7. The van der Waals surface area contributed by atoms with E-state index in [1.165, 1.54) is 6.07 Å². The molecule has 0 aromatic heterocycles. The van der Waals surface area contributed by atoms with Crippen LogP contribution in [0, 0.1) is 0 Å². The summed E-state index contributed by atoms with van der Waals surface area (Å²) in [7, 11) is 1.57. The number of ether oxygens (including phenoxy) is 3. The van der Waals surface area contributed by atoms with Crippen LogP contribution in [0.3, 0.4) is 0 Å². The Kier molecular flexibility index (Phi) is 9.09. The van der Waals surface area contributed by atoms with Gasteiger partial charge in [0.1, 0.15) is 17.2 Å². The van der Waals surface area contributed by atoms with Crippen molar-refractivity contribution in [3.63, 3.8) is 0 Å². The first-order valence-corrected chi connectivity index (χ1v) is 11.0. The van der Waals surface area contributed by atoms with Crippen molar-refractivity contribution in [2.75, 3.05) is 24.4 Å². The number of hydrogen-bond donors (Lipinski definition) is 2. The number of hydrogen-bond acceptors (Lipinski definition) is 6. The zero-order chi connectivity index (χ0) is 26.8. The third-order valence-corrected chi connectivity index (χ3v) is 4.83. The van der Waals surface area contributed by atoms with E-state index in [1.54, 1.807) is 55.6 Å². The normalized spacial score (nSPS) is 10.8. The topological polar surface area (TPSA) is 103 Å². The molecule has 0 radical (unpaired) electrons. The molecule has 0 bridgehead atoms. The van der Waals surface area contributed by atoms with Gasteiger partial charge in [0.15, 0.2) is 6.61 Å². The second-order valence-electron chi connectivity index (χ2n) is 7.64. The molecule has 0 saturated carbocycles. The highest BCUT2D eigenvalue weighted by Gasteiger charge is 2.30. The largest absolute Gasteiger partial charge is 0.497 e. The van der Waals surface area contributed by atoms with Crippen LogP contribution in [0.25, 0.3) is 0 Å². The molecule has 2 N–H and O–H groups in total. The van der Waals surface area contributed by atoms with Crippen LogP contribution in [-0.2, 0) is 25.3 Å². The molecule has 3 aromatic rings. The van der Waals surface area contributed by atoms with Crippen molar-refractivity contribution in [3.8, 4) is 17.2 Å². The number of esters is 1. The Morgan fingerprint density at radius 1 is 0.757 bits per heavy atom. The molecule has 0 aliphatic carbocycles. The molecular weight excluding hydrogens is 493 g/mol. The van der Waals surface area contributed by atoms with Crippen LogP contribution in [0.2, 0.25) is 0 Å². The maximum atomic E-state index is 12.7. The Bertz CT molecular complexity index is 1230. The number of alkyl halides is 3. The van der Waals surface area contributed by atoms with E-state index < -0.39 is 36.1 Å². The Labute approximate surface area is 210 Å². The Hall–Kier alpha value is -4.54. The first-order chi connectivity index (χ1) is 17.6. The van der Waals surface area contributed by atoms with Crippen LogP contribution >= 0.6 is 0 Å². The van der Waals surface area contributed by atoms with Gasteiger partial charge in [0.2, 0.25) is 5.91 Å². The maximum absolute atomic E-state index is 12.7. The highest BCUT2D eigenvalue weighted by atomic mass is 19.4. The zero-order valence-electron chi connectivity index (χ0n) is 19.6. The number of nitrogens with one attached hydrogen (secondary N) is 2. The predicted molar refractivity (Wildman–Crippen MR) is 128 cm³/mol. The fourth-order valence-electron chi connectivity index (χ4n) is 3.01. The molecule has 11 heteroatoms. The molecule has 0 spiro atoms. The van der Waals surface area contributed by atoms with Gasteiger partial charge in [0.05, 0.1) is 19.1 Å². The average Bonchev–Trinajstić information content (AvgIpc) is 2.87. The summed E-state index contributed by atoms with van der Waals surface area (Å²) in [5.74, 6) is -0.205. The van der Waals surface area contributed by atoms with E-state index in [-0.39, 0.29) is 18.5 Å². The fourth-order valence-corrected chi connectivity index (χ4v) is 3.01. The van der Waals surface area contributed by atoms with Crippen LogP contribution < -0.4 is 20.1 Å². The summed E-state index contributed by atoms with van der Waals surface area (Å²) in [5, 5.41) is 4.85. The van der Waals surface area contributed by atoms with Gasteiger partial charge in [-0.15, -0.1) is 0 Å². The SMILES string of the molecule is COc1ccc(Oc2ccc(NC(=O)CCC(=O)OCC(=O)Nc3cccc(C(F)(F)F)c3)cc2)cc1. The monoisotopic (exact) mass is 516 g/mol. The van der Waals surface area contributed by atoms with E-state index in [0.717, 1.165) is 18.2 Å². The van der Waals surface area contributed by atoms with E-state index >= 15 is 0 Å². The Morgan fingerprint density at radius 3 is 1.97 bits per heavy atom. The standard InChI is InChI=1S/C26H23F3N2O6/c1-35-20-9-11-22(12-10-20)37-21-7-5-18(6-8-21)30-23(32)13-14-25(34)36-16-24(33)31-19-4-2-3-17(15-19)26(27,28)29/h2-12,15H,13-14,16H2,1H3,(H,30,32)(H,31,33). The van der Waals surface area contributed by atoms with E-state index in [9.17, 15) is 27.6 Å². The number of carbonyl (C=O) groups excluding carboxylic acids is 3. The lowest BCUT2D eigenvalue weighted by molar-refractivity contribution is -0.147. The van der Waals surface area contributed by atoms with Crippen molar-refractivity contribution in [2.24, 2.45) is 0 Å². The second kappa shape index (κ2) is 12.4. The quantitative estimate of drug-likeness (QED) is 0.350. The van der Waals surface area contributed by atoms with Gasteiger partial charge in [-0.1, -0.05) is 6.07 Å². The summed E-state index contributed by atoms with van der Waals surface area (Å²) < 4.78 is 53.8. The van der Waals surface area contributed by atoms with Crippen molar-refractivity contribution >= 4 is 29.2 Å². The van der Waals surface area contributed by atoms with E-state index in [2.05, 4.69) is 10.6 Å². The first kappa shape index (κ1) is 27.1. The number of anilines is 2. The van der Waals surface area contributed by atoms with Gasteiger partial charge >= 0.3 is 12.1 Å². The van der Waals surface area contributed by atoms with Gasteiger partial charge < -0.3 is 24.8 Å². The minimum Gasteiger partial charge on any atom is -0.497 e. The number of amides is 2. The van der Waals surface area contributed by atoms with Crippen molar-refractivity contribution in [2.45, 2.75) is 19.0 Å². The number of rotatable bonds is 10. The smallest absolute Gasteiger partial charge is 0.416 e. The number of carbonyl (C=O) groups is 3. The number of halogens is 3. The molecular formula is C26H23F3N2O6. The molecule has 0 aliphatic rings. The maximum Gasteiger partial charge on any atom is 0.416 e. The van der Waals surface area contributed by atoms with Crippen LogP contribution in [0.4, 0.5) is 24.5 Å². The zero-order valence-corrected chi connectivity index (χ0v) is 19.6. The van der Waals surface area contributed by atoms with Crippen LogP contribution in [0.1, 0.15) is 18.4 Å². The highest BCUT2D eigenvalue weighted by Crippen LogP contribution is 2.30. The molecule has 0 atom stereocenters. The third-order valence-electron chi connectivity index (χ3n) is 4.83. The minimum absolute atomic E-state index is 0.0873. The van der Waals surface area contributed by atoms with Crippen LogP contribution in [0.5, 0.6) is 17.2 Å². The fraction of sp³-hybridized carbons (Fsp3) is 0.192. The molecule has 0 saturated heterocycles. The summed E-state index contributed by atoms with van der Waals surface area (Å²) in [5.41, 5.74) is -0.524. The molecule has 0 aliphatic heterocycles. The molecule has 0 unspecified atom stereocenters. The molecule has 2 amide bonds. The van der Waals surface area contributed by atoms with Crippen molar-refractivity contribution < 1.29 is 41.8 Å². The number of benzene rings is 3. The van der Waals surface area contributed by atoms with Crippen LogP contribution in [0.15, 0.2) is 72.8 Å². The lowest BCUT2D eigenvalue weighted by atomic mass is 10.2. The molecule has 194 valence electrons. The van der Waals surface area contributed by atoms with Crippen molar-refractivity contribution in [1.29, 1.82) is 0 Å². The third kappa shape index (κ3) is 8.88. The predicted octanol–water partition coefficient (Wildman–Crippen LogP) is 5.41. The lowest BCUT2D eigenvalue weighted by Crippen LogP contribution is -2.22. The van der Waals surface area contributed by atoms with E-state index in [0.29, 0.717) is 22.9 Å². The Morgan fingerprint density at radius 2 is 1.35 bits per heavy atom. The van der Waals surface area contributed by atoms with Crippen molar-refractivity contribution in [1.82, 2.24) is 0 Å². The van der Waals surface area contributed by atoms with Gasteiger partial charge in [-0.3, -0.25) is 14.4 Å². The molecule has 0 heterocycles. The first-order valence-electron chi connectivity index (χ1n) is 11.0.